The minimum Gasteiger partial charge on any atom is -0.497 e. The molecule has 3 rings (SSSR count). The van der Waals surface area contributed by atoms with E-state index in [0.29, 0.717) is 31.2 Å². The van der Waals surface area contributed by atoms with E-state index in [2.05, 4.69) is 22.3 Å². The summed E-state index contributed by atoms with van der Waals surface area (Å²) < 4.78 is 10.5. The van der Waals surface area contributed by atoms with Crippen LogP contribution in [0.1, 0.15) is 60.0 Å². The van der Waals surface area contributed by atoms with Gasteiger partial charge in [0.1, 0.15) is 11.5 Å². The summed E-state index contributed by atoms with van der Waals surface area (Å²) in [5.41, 5.74) is 2.99. The van der Waals surface area contributed by atoms with E-state index < -0.39 is 0 Å². The highest BCUT2D eigenvalue weighted by atomic mass is 16.5. The normalized spacial score (nSPS) is 14.6. The minimum atomic E-state index is 0.0614. The average Bonchev–Trinajstić information content (AvgIpc) is 3.35. The van der Waals surface area contributed by atoms with Crippen molar-refractivity contribution in [1.82, 2.24) is 10.2 Å². The summed E-state index contributed by atoms with van der Waals surface area (Å²) >= 11 is 0. The summed E-state index contributed by atoms with van der Waals surface area (Å²) in [6.07, 6.45) is 5.53. The molecule has 1 N–H and O–H groups in total. The molecule has 2 aromatic carbocycles. The van der Waals surface area contributed by atoms with Crippen LogP contribution in [0.5, 0.6) is 11.5 Å². The van der Waals surface area contributed by atoms with Crippen molar-refractivity contribution < 1.29 is 19.1 Å². The third-order valence-electron chi connectivity index (χ3n) is 6.45. The molecule has 1 amide bonds. The molecule has 1 atom stereocenters. The van der Waals surface area contributed by atoms with Crippen LogP contribution in [0, 0.1) is 6.92 Å². The Kier molecular flexibility index (Phi) is 9.95. The Balaban J connectivity index is 1.47. The van der Waals surface area contributed by atoms with Crippen molar-refractivity contribution in [3.63, 3.8) is 0 Å². The fourth-order valence-electron chi connectivity index (χ4n) is 4.58. The highest BCUT2D eigenvalue weighted by molar-refractivity contribution is 5.96. The number of carbonyl (C=O) groups is 2. The number of likely N-dealkylation sites (tertiary alicyclic amines) is 1. The number of amides is 1. The predicted molar refractivity (Wildman–Crippen MR) is 135 cm³/mol. The van der Waals surface area contributed by atoms with Crippen LogP contribution in [0.2, 0.25) is 0 Å². The molecule has 6 heteroatoms. The molecule has 0 spiro atoms. The third-order valence-corrected chi connectivity index (χ3v) is 6.45. The Morgan fingerprint density at radius 2 is 1.68 bits per heavy atom. The lowest BCUT2D eigenvalue weighted by Gasteiger charge is -2.25. The summed E-state index contributed by atoms with van der Waals surface area (Å²) in [4.78, 5) is 27.5. The van der Waals surface area contributed by atoms with Gasteiger partial charge in [-0.25, -0.2) is 0 Å². The second-order valence-corrected chi connectivity index (χ2v) is 9.14. The maximum atomic E-state index is 12.7. The number of unbranched alkanes of at least 4 members (excludes halogenated alkanes) is 1. The minimum absolute atomic E-state index is 0.0614. The van der Waals surface area contributed by atoms with E-state index in [1.807, 2.05) is 13.0 Å². The van der Waals surface area contributed by atoms with E-state index >= 15 is 0 Å². The molecule has 184 valence electrons. The van der Waals surface area contributed by atoms with E-state index in [0.717, 1.165) is 43.1 Å². The van der Waals surface area contributed by atoms with Crippen molar-refractivity contribution in [2.75, 3.05) is 33.9 Å². The van der Waals surface area contributed by atoms with Gasteiger partial charge in [0.05, 0.1) is 14.2 Å². The van der Waals surface area contributed by atoms with Crippen molar-refractivity contribution in [2.45, 2.75) is 57.9 Å². The number of nitrogens with one attached hydrogen (secondary N) is 1. The van der Waals surface area contributed by atoms with Crippen molar-refractivity contribution in [2.24, 2.45) is 0 Å². The van der Waals surface area contributed by atoms with Gasteiger partial charge in [0.25, 0.3) is 0 Å². The van der Waals surface area contributed by atoms with Crippen molar-refractivity contribution in [1.29, 1.82) is 0 Å². The molecule has 1 saturated heterocycles. The molecule has 1 heterocycles. The molecule has 2 aromatic rings. The topological polar surface area (TPSA) is 67.9 Å². The number of hydrogen-bond acceptors (Lipinski definition) is 5. The van der Waals surface area contributed by atoms with E-state index in [1.165, 1.54) is 18.4 Å². The second kappa shape index (κ2) is 13.1. The second-order valence-electron chi connectivity index (χ2n) is 9.14. The third kappa shape index (κ3) is 7.87. The first-order valence-electron chi connectivity index (χ1n) is 12.3. The zero-order valence-corrected chi connectivity index (χ0v) is 20.8. The largest absolute Gasteiger partial charge is 0.497 e. The maximum Gasteiger partial charge on any atom is 0.220 e. The number of nitrogens with zero attached hydrogens (tertiary/aromatic N) is 1. The summed E-state index contributed by atoms with van der Waals surface area (Å²) in [5, 5.41) is 3.26. The van der Waals surface area contributed by atoms with Crippen LogP contribution in [-0.2, 0) is 11.2 Å². The zero-order chi connectivity index (χ0) is 24.3. The highest BCUT2D eigenvalue weighted by Gasteiger charge is 2.20. The van der Waals surface area contributed by atoms with Crippen LogP contribution in [0.15, 0.2) is 42.5 Å². The predicted octanol–water partition coefficient (Wildman–Crippen LogP) is 4.58. The molecule has 0 radical (unpaired) electrons. The van der Waals surface area contributed by atoms with E-state index in [9.17, 15) is 9.59 Å². The maximum absolute atomic E-state index is 12.7. The molecule has 0 aromatic heterocycles. The highest BCUT2D eigenvalue weighted by Crippen LogP contribution is 2.20. The lowest BCUT2D eigenvalue weighted by Crippen LogP contribution is -2.44. The first-order chi connectivity index (χ1) is 16.5. The number of ketones is 1. The van der Waals surface area contributed by atoms with E-state index in [1.54, 1.807) is 38.5 Å². The number of benzene rings is 2. The summed E-state index contributed by atoms with van der Waals surface area (Å²) in [5.74, 6) is 1.78. The van der Waals surface area contributed by atoms with Crippen LogP contribution in [0.3, 0.4) is 0 Å². The summed E-state index contributed by atoms with van der Waals surface area (Å²) in [6.45, 7) is 5.11. The number of rotatable bonds is 13. The quantitative estimate of drug-likeness (QED) is 0.346. The Bertz CT molecular complexity index is 936. The van der Waals surface area contributed by atoms with Crippen molar-refractivity contribution in [3.05, 3.63) is 59.2 Å². The Labute approximate surface area is 203 Å². The van der Waals surface area contributed by atoms with Gasteiger partial charge in [-0.1, -0.05) is 12.1 Å². The van der Waals surface area contributed by atoms with Gasteiger partial charge in [0.2, 0.25) is 5.91 Å². The zero-order valence-electron chi connectivity index (χ0n) is 20.8. The number of ether oxygens (including phenoxy) is 2. The molecule has 0 bridgehead atoms. The first kappa shape index (κ1) is 25.8. The lowest BCUT2D eigenvalue weighted by molar-refractivity contribution is -0.122. The molecule has 34 heavy (non-hydrogen) atoms. The van der Waals surface area contributed by atoms with Crippen molar-refractivity contribution >= 4 is 11.7 Å². The summed E-state index contributed by atoms with van der Waals surface area (Å²) in [6, 6.07) is 13.5. The number of aryl methyl sites for hydroxylation is 1. The molecule has 6 nitrogen and oxygen atoms in total. The van der Waals surface area contributed by atoms with Crippen LogP contribution >= 0.6 is 0 Å². The van der Waals surface area contributed by atoms with Crippen LogP contribution < -0.4 is 14.8 Å². The van der Waals surface area contributed by atoms with Gasteiger partial charge < -0.3 is 19.7 Å². The molecule has 1 aliphatic heterocycles. The average molecular weight is 467 g/mol. The first-order valence-corrected chi connectivity index (χ1v) is 12.3. The van der Waals surface area contributed by atoms with Crippen molar-refractivity contribution in [3.8, 4) is 11.5 Å². The smallest absolute Gasteiger partial charge is 0.220 e. The van der Waals surface area contributed by atoms with Gasteiger partial charge in [0, 0.05) is 31.0 Å². The Hall–Kier alpha value is -2.86. The molecule has 1 fully saturated rings. The number of Topliss-reactive ketones (excluding diaryl/α,β-unsaturated/α-hetero) is 1. The molecular formula is C28H38N2O4. The van der Waals surface area contributed by atoms with Gasteiger partial charge in [-0.05, 0) is 93.6 Å². The van der Waals surface area contributed by atoms with Crippen LogP contribution in [0.4, 0.5) is 0 Å². The van der Waals surface area contributed by atoms with Gasteiger partial charge in [-0.15, -0.1) is 0 Å². The summed E-state index contributed by atoms with van der Waals surface area (Å²) in [7, 11) is 3.29. The fraction of sp³-hybridized carbons (Fsp3) is 0.500. The Morgan fingerprint density at radius 1 is 0.971 bits per heavy atom. The molecule has 1 aliphatic rings. The van der Waals surface area contributed by atoms with Gasteiger partial charge >= 0.3 is 0 Å². The van der Waals surface area contributed by atoms with Crippen LogP contribution in [0.25, 0.3) is 0 Å². The van der Waals surface area contributed by atoms with Crippen LogP contribution in [-0.4, -0.2) is 56.5 Å². The number of methoxy groups -OCH3 is 2. The SMILES string of the molecule is COc1ccc(C(=O)CCCCC(=O)N[C@@H](Cc2ccc(OC)c(C)c2)CN2CCCC2)cc1. The van der Waals surface area contributed by atoms with Gasteiger partial charge in [-0.2, -0.15) is 0 Å². The van der Waals surface area contributed by atoms with Gasteiger partial charge in [0.15, 0.2) is 5.78 Å². The molecule has 0 unspecified atom stereocenters. The Morgan fingerprint density at radius 3 is 2.32 bits per heavy atom. The fourth-order valence-corrected chi connectivity index (χ4v) is 4.58. The number of carbonyl (C=O) groups excluding carboxylic acids is 2. The van der Waals surface area contributed by atoms with Gasteiger partial charge in [-0.3, -0.25) is 9.59 Å². The molecule has 0 saturated carbocycles. The van der Waals surface area contributed by atoms with E-state index in [4.69, 9.17) is 9.47 Å². The molecule has 0 aliphatic carbocycles. The van der Waals surface area contributed by atoms with E-state index in [-0.39, 0.29) is 17.7 Å². The standard InChI is InChI=1S/C28H38N2O4/c1-21-18-22(10-15-27(21)34-3)19-24(20-30-16-6-7-17-30)29-28(32)9-5-4-8-26(31)23-11-13-25(33-2)14-12-23/h10-15,18,24H,4-9,16-17,19-20H2,1-3H3,(H,29,32)/t24-/m0/s1. The monoisotopic (exact) mass is 466 g/mol. The number of hydrogen-bond donors (Lipinski definition) is 1. The molecular weight excluding hydrogens is 428 g/mol. The lowest BCUT2D eigenvalue weighted by atomic mass is 10.0.